The molecule has 1 aromatic heterocycles. The first-order valence-electron chi connectivity index (χ1n) is 8.57. The van der Waals surface area contributed by atoms with Gasteiger partial charge in [0.1, 0.15) is 22.8 Å². The molecule has 162 valence electrons. The van der Waals surface area contributed by atoms with Gasteiger partial charge in [0.15, 0.2) is 5.69 Å². The number of alkyl halides is 3. The number of carbonyl (C=O) groups excluding carboxylic acids is 2. The molecule has 1 heterocycles. The van der Waals surface area contributed by atoms with Crippen LogP contribution in [0.4, 0.5) is 17.6 Å². The molecule has 0 aliphatic rings. The van der Waals surface area contributed by atoms with E-state index in [-0.39, 0.29) is 5.56 Å². The van der Waals surface area contributed by atoms with Crippen molar-refractivity contribution in [3.8, 4) is 22.7 Å². The fourth-order valence-electron chi connectivity index (χ4n) is 2.84. The van der Waals surface area contributed by atoms with E-state index in [0.29, 0.717) is 11.8 Å². The zero-order chi connectivity index (χ0) is 22.8. The third-order valence-corrected chi connectivity index (χ3v) is 4.08. The smallest absolute Gasteiger partial charge is 0.465 e. The Bertz CT molecular complexity index is 1130. The predicted molar refractivity (Wildman–Crippen MR) is 98.3 cm³/mol. The van der Waals surface area contributed by atoms with Crippen LogP contribution in [-0.2, 0) is 9.47 Å². The van der Waals surface area contributed by atoms with E-state index in [4.69, 9.17) is 9.47 Å². The normalized spacial score (nSPS) is 11.2. The molecule has 0 N–H and O–H groups in total. The number of methoxy groups -OCH3 is 2. The highest BCUT2D eigenvalue weighted by atomic mass is 19.4. The summed E-state index contributed by atoms with van der Waals surface area (Å²) in [4.78, 5) is 25.0. The summed E-state index contributed by atoms with van der Waals surface area (Å²) in [5, 5.41) is 4.15. The maximum Gasteiger partial charge on any atom is 0.573 e. The van der Waals surface area contributed by atoms with Crippen LogP contribution >= 0.6 is 0 Å². The monoisotopic (exact) mass is 438 g/mol. The van der Waals surface area contributed by atoms with E-state index in [0.717, 1.165) is 31.0 Å². The topological polar surface area (TPSA) is 79.7 Å². The molecule has 0 saturated heterocycles. The molecule has 0 amide bonds. The number of esters is 2. The van der Waals surface area contributed by atoms with Crippen molar-refractivity contribution in [1.29, 1.82) is 0 Å². The molecule has 0 unspecified atom stereocenters. The largest absolute Gasteiger partial charge is 0.573 e. The summed E-state index contributed by atoms with van der Waals surface area (Å²) in [6, 6.07) is 10.3. The van der Waals surface area contributed by atoms with Crippen molar-refractivity contribution in [3.63, 3.8) is 0 Å². The van der Waals surface area contributed by atoms with E-state index >= 15 is 0 Å². The van der Waals surface area contributed by atoms with Crippen LogP contribution in [-0.4, -0.2) is 42.3 Å². The lowest BCUT2D eigenvalue weighted by atomic mass is 10.0. The van der Waals surface area contributed by atoms with Gasteiger partial charge in [0.05, 0.1) is 19.9 Å². The first-order valence-corrected chi connectivity index (χ1v) is 8.57. The summed E-state index contributed by atoms with van der Waals surface area (Å²) >= 11 is 0. The first kappa shape index (κ1) is 21.8. The second kappa shape index (κ2) is 8.46. The van der Waals surface area contributed by atoms with Crippen LogP contribution in [0.25, 0.3) is 16.9 Å². The molecule has 0 aliphatic carbocycles. The number of para-hydroxylation sites is 1. The van der Waals surface area contributed by atoms with Crippen molar-refractivity contribution in [2.24, 2.45) is 0 Å². The van der Waals surface area contributed by atoms with Crippen molar-refractivity contribution in [3.05, 3.63) is 65.6 Å². The molecule has 0 atom stereocenters. The SMILES string of the molecule is COC(=O)c1c(-c2ccc(F)cc2OC(F)(F)F)nn(-c2ccccc2)c1C(=O)OC. The number of aromatic nitrogens is 2. The Morgan fingerprint density at radius 2 is 1.61 bits per heavy atom. The van der Waals surface area contributed by atoms with E-state index < -0.39 is 46.8 Å². The number of rotatable bonds is 5. The minimum atomic E-state index is -5.15. The molecule has 31 heavy (non-hydrogen) atoms. The lowest BCUT2D eigenvalue weighted by molar-refractivity contribution is -0.274. The van der Waals surface area contributed by atoms with Crippen LogP contribution in [0.2, 0.25) is 0 Å². The van der Waals surface area contributed by atoms with Gasteiger partial charge in [-0.05, 0) is 24.3 Å². The van der Waals surface area contributed by atoms with Crippen molar-refractivity contribution >= 4 is 11.9 Å². The molecule has 0 saturated carbocycles. The maximum absolute atomic E-state index is 13.7. The van der Waals surface area contributed by atoms with Gasteiger partial charge in [-0.3, -0.25) is 0 Å². The van der Waals surface area contributed by atoms with Gasteiger partial charge in [-0.15, -0.1) is 13.2 Å². The average Bonchev–Trinajstić information content (AvgIpc) is 3.12. The summed E-state index contributed by atoms with van der Waals surface area (Å²) < 4.78 is 66.7. The zero-order valence-corrected chi connectivity index (χ0v) is 16.1. The fraction of sp³-hybridized carbons (Fsp3) is 0.150. The highest BCUT2D eigenvalue weighted by Crippen LogP contribution is 2.37. The maximum atomic E-state index is 13.7. The van der Waals surface area contributed by atoms with E-state index in [1.165, 1.54) is 0 Å². The standard InChI is InChI=1S/C20H14F4N2O5/c1-29-18(27)15-16(13-9-8-11(21)10-14(13)31-20(22,23)24)25-26(17(15)19(28)30-2)12-6-4-3-5-7-12/h3-10H,1-2H3. The van der Waals surface area contributed by atoms with Gasteiger partial charge in [-0.1, -0.05) is 18.2 Å². The first-order chi connectivity index (χ1) is 14.7. The van der Waals surface area contributed by atoms with Crippen molar-refractivity contribution in [1.82, 2.24) is 9.78 Å². The van der Waals surface area contributed by atoms with Gasteiger partial charge in [-0.25, -0.2) is 18.7 Å². The highest BCUT2D eigenvalue weighted by Gasteiger charge is 2.36. The minimum absolute atomic E-state index is 0.305. The van der Waals surface area contributed by atoms with Gasteiger partial charge in [-0.2, -0.15) is 5.10 Å². The van der Waals surface area contributed by atoms with Gasteiger partial charge in [0.2, 0.25) is 0 Å². The Kier molecular flexibility index (Phi) is 5.95. The van der Waals surface area contributed by atoms with Gasteiger partial charge < -0.3 is 14.2 Å². The fourth-order valence-corrected chi connectivity index (χ4v) is 2.84. The molecule has 2 aromatic carbocycles. The lowest BCUT2D eigenvalue weighted by Crippen LogP contribution is -2.18. The van der Waals surface area contributed by atoms with E-state index in [1.807, 2.05) is 0 Å². The van der Waals surface area contributed by atoms with Crippen molar-refractivity contribution in [2.75, 3.05) is 14.2 Å². The third-order valence-electron chi connectivity index (χ3n) is 4.08. The van der Waals surface area contributed by atoms with Crippen LogP contribution in [0, 0.1) is 5.82 Å². The number of carbonyl (C=O) groups is 2. The van der Waals surface area contributed by atoms with Crippen LogP contribution in [0.5, 0.6) is 5.75 Å². The number of ether oxygens (including phenoxy) is 3. The van der Waals surface area contributed by atoms with Crippen LogP contribution < -0.4 is 4.74 Å². The number of benzene rings is 2. The Hall–Kier alpha value is -3.89. The molecule has 7 nitrogen and oxygen atoms in total. The van der Waals surface area contributed by atoms with Crippen LogP contribution in [0.15, 0.2) is 48.5 Å². The molecule has 3 rings (SSSR count). The summed E-state index contributed by atoms with van der Waals surface area (Å²) in [5.41, 5.74) is -1.34. The van der Waals surface area contributed by atoms with E-state index in [1.54, 1.807) is 30.3 Å². The van der Waals surface area contributed by atoms with Crippen molar-refractivity contribution < 1.29 is 41.4 Å². The second-order valence-electron chi connectivity index (χ2n) is 5.99. The number of hydrogen-bond donors (Lipinski definition) is 0. The summed E-state index contributed by atoms with van der Waals surface area (Å²) in [6.07, 6.45) is -5.15. The Morgan fingerprint density at radius 3 is 2.19 bits per heavy atom. The Balaban J connectivity index is 2.37. The molecule has 0 bridgehead atoms. The minimum Gasteiger partial charge on any atom is -0.465 e. The van der Waals surface area contributed by atoms with E-state index in [2.05, 4.69) is 9.84 Å². The Morgan fingerprint density at radius 1 is 0.968 bits per heavy atom. The van der Waals surface area contributed by atoms with Crippen molar-refractivity contribution in [2.45, 2.75) is 6.36 Å². The number of nitrogens with zero attached hydrogens (tertiary/aromatic N) is 2. The molecule has 0 radical (unpaired) electrons. The second-order valence-corrected chi connectivity index (χ2v) is 5.99. The van der Waals surface area contributed by atoms with E-state index in [9.17, 15) is 27.2 Å². The van der Waals surface area contributed by atoms with Gasteiger partial charge >= 0.3 is 18.3 Å². The third kappa shape index (κ3) is 4.49. The lowest BCUT2D eigenvalue weighted by Gasteiger charge is -2.13. The molecule has 11 heteroatoms. The quantitative estimate of drug-likeness (QED) is 0.440. The average molecular weight is 438 g/mol. The predicted octanol–water partition coefficient (Wildman–Crippen LogP) is 4.15. The molecular formula is C20H14F4N2O5. The molecular weight excluding hydrogens is 424 g/mol. The number of halogens is 4. The van der Waals surface area contributed by atoms with Crippen LogP contribution in [0.3, 0.4) is 0 Å². The van der Waals surface area contributed by atoms with Gasteiger partial charge in [0, 0.05) is 11.6 Å². The number of hydrogen-bond acceptors (Lipinski definition) is 6. The summed E-state index contributed by atoms with van der Waals surface area (Å²) in [5.74, 6) is -4.03. The highest BCUT2D eigenvalue weighted by molar-refractivity contribution is 6.07. The molecule has 3 aromatic rings. The zero-order valence-electron chi connectivity index (χ0n) is 16.1. The Labute approximate surface area is 172 Å². The molecule has 0 aliphatic heterocycles. The van der Waals surface area contributed by atoms with Gasteiger partial charge in [0.25, 0.3) is 0 Å². The molecule has 0 spiro atoms. The molecule has 0 fully saturated rings. The van der Waals surface area contributed by atoms with Crippen LogP contribution in [0.1, 0.15) is 20.8 Å². The summed E-state index contributed by atoms with van der Waals surface area (Å²) in [7, 11) is 2.08. The summed E-state index contributed by atoms with van der Waals surface area (Å²) in [6.45, 7) is 0.